The summed E-state index contributed by atoms with van der Waals surface area (Å²) in [6.45, 7) is 2.78. The number of aromatic nitrogens is 3. The smallest absolute Gasteiger partial charge is 0.191 e. The molecule has 28 heavy (non-hydrogen) atoms. The zero-order chi connectivity index (χ0) is 19.9. The van der Waals surface area contributed by atoms with Gasteiger partial charge in [0.2, 0.25) is 0 Å². The number of carbonyl (C=O) groups is 1. The van der Waals surface area contributed by atoms with Gasteiger partial charge >= 0.3 is 0 Å². The molecule has 0 unspecified atom stereocenters. The molecule has 0 saturated carbocycles. The maximum Gasteiger partial charge on any atom is 0.191 e. The molecule has 1 heterocycles. The van der Waals surface area contributed by atoms with Gasteiger partial charge in [0.05, 0.1) is 11.5 Å². The summed E-state index contributed by atoms with van der Waals surface area (Å²) in [6, 6.07) is 13.9. The Morgan fingerprint density at radius 1 is 1.07 bits per heavy atom. The fourth-order valence-electron chi connectivity index (χ4n) is 2.54. The van der Waals surface area contributed by atoms with Gasteiger partial charge in [-0.05, 0) is 36.8 Å². The van der Waals surface area contributed by atoms with Crippen LogP contribution in [0.5, 0.6) is 0 Å². The lowest BCUT2D eigenvalue weighted by Gasteiger charge is -2.07. The molecule has 4 nitrogen and oxygen atoms in total. The first-order chi connectivity index (χ1) is 13.6. The van der Waals surface area contributed by atoms with Gasteiger partial charge in [0.1, 0.15) is 11.6 Å². The SMILES string of the molecule is CCn1c(CSCc2ccc(F)cc2)nnc1SCC(=O)c1ccc(Br)cc1. The van der Waals surface area contributed by atoms with Crippen molar-refractivity contribution in [2.24, 2.45) is 0 Å². The number of halogens is 2. The summed E-state index contributed by atoms with van der Waals surface area (Å²) in [5.41, 5.74) is 1.76. The van der Waals surface area contributed by atoms with E-state index in [9.17, 15) is 9.18 Å². The van der Waals surface area contributed by atoms with Crippen LogP contribution in [0.25, 0.3) is 0 Å². The van der Waals surface area contributed by atoms with E-state index >= 15 is 0 Å². The van der Waals surface area contributed by atoms with Crippen LogP contribution in [0.1, 0.15) is 28.7 Å². The summed E-state index contributed by atoms with van der Waals surface area (Å²) < 4.78 is 16.0. The van der Waals surface area contributed by atoms with Gasteiger partial charge in [-0.15, -0.1) is 22.0 Å². The number of carbonyl (C=O) groups excluding carboxylic acids is 1. The van der Waals surface area contributed by atoms with Crippen molar-refractivity contribution in [3.8, 4) is 0 Å². The third kappa shape index (κ3) is 5.68. The molecular weight excluding hydrogens is 461 g/mol. The fraction of sp³-hybridized carbons (Fsp3) is 0.250. The van der Waals surface area contributed by atoms with Gasteiger partial charge in [0, 0.05) is 22.3 Å². The number of ketones is 1. The van der Waals surface area contributed by atoms with E-state index in [0.29, 0.717) is 17.1 Å². The number of rotatable bonds is 9. The second kappa shape index (κ2) is 10.2. The minimum atomic E-state index is -0.223. The molecule has 2 aromatic carbocycles. The van der Waals surface area contributed by atoms with E-state index in [1.165, 1.54) is 23.9 Å². The van der Waals surface area contributed by atoms with Crippen molar-refractivity contribution in [2.75, 3.05) is 5.75 Å². The van der Waals surface area contributed by atoms with Crippen molar-refractivity contribution in [1.82, 2.24) is 14.8 Å². The minimum Gasteiger partial charge on any atom is -0.306 e. The lowest BCUT2D eigenvalue weighted by Crippen LogP contribution is -2.06. The Morgan fingerprint density at radius 3 is 2.46 bits per heavy atom. The van der Waals surface area contributed by atoms with Crippen LogP contribution in [0.15, 0.2) is 58.2 Å². The number of nitrogens with zero attached hydrogens (tertiary/aromatic N) is 3. The summed E-state index contributed by atoms with van der Waals surface area (Å²) in [4.78, 5) is 12.4. The summed E-state index contributed by atoms with van der Waals surface area (Å²) in [5.74, 6) is 2.53. The lowest BCUT2D eigenvalue weighted by molar-refractivity contribution is 0.102. The molecule has 0 bridgehead atoms. The fourth-order valence-corrected chi connectivity index (χ4v) is 4.65. The Hall–Kier alpha value is -1.64. The zero-order valence-electron chi connectivity index (χ0n) is 15.3. The first-order valence-corrected chi connectivity index (χ1v) is 11.7. The Labute approximate surface area is 180 Å². The average molecular weight is 480 g/mol. The van der Waals surface area contributed by atoms with E-state index in [1.54, 1.807) is 23.9 Å². The number of Topliss-reactive ketones (excluding diaryl/α,β-unsaturated/α-hetero) is 1. The van der Waals surface area contributed by atoms with Crippen LogP contribution < -0.4 is 0 Å². The number of benzene rings is 2. The maximum absolute atomic E-state index is 13.0. The van der Waals surface area contributed by atoms with E-state index in [0.717, 1.165) is 33.3 Å². The summed E-state index contributed by atoms with van der Waals surface area (Å²) in [7, 11) is 0. The second-order valence-corrected chi connectivity index (χ2v) is 8.82. The summed E-state index contributed by atoms with van der Waals surface area (Å²) in [5, 5.41) is 9.30. The molecule has 3 aromatic rings. The highest BCUT2D eigenvalue weighted by Gasteiger charge is 2.14. The van der Waals surface area contributed by atoms with Gasteiger partial charge in [-0.1, -0.05) is 52.0 Å². The van der Waals surface area contributed by atoms with Gasteiger partial charge in [-0.25, -0.2) is 4.39 Å². The monoisotopic (exact) mass is 479 g/mol. The highest BCUT2D eigenvalue weighted by atomic mass is 79.9. The second-order valence-electron chi connectivity index (χ2n) is 5.98. The van der Waals surface area contributed by atoms with Gasteiger partial charge in [-0.2, -0.15) is 0 Å². The normalized spacial score (nSPS) is 11.0. The Kier molecular flexibility index (Phi) is 7.70. The molecule has 3 rings (SSSR count). The molecular formula is C20H19BrFN3OS2. The van der Waals surface area contributed by atoms with Gasteiger partial charge in [0.25, 0.3) is 0 Å². The van der Waals surface area contributed by atoms with Crippen LogP contribution in [0.4, 0.5) is 4.39 Å². The maximum atomic E-state index is 13.0. The number of hydrogen-bond donors (Lipinski definition) is 0. The standard InChI is InChI=1S/C20H19BrFN3OS2/c1-2-25-19(13-27-11-14-3-9-17(22)10-4-14)23-24-20(25)28-12-18(26)15-5-7-16(21)8-6-15/h3-10H,2,11-13H2,1H3. The molecule has 0 N–H and O–H groups in total. The summed E-state index contributed by atoms with van der Waals surface area (Å²) in [6.07, 6.45) is 0. The van der Waals surface area contributed by atoms with Crippen molar-refractivity contribution >= 4 is 45.2 Å². The molecule has 0 aliphatic heterocycles. The predicted octanol–water partition coefficient (Wildman–Crippen LogP) is 5.61. The number of hydrogen-bond acceptors (Lipinski definition) is 5. The zero-order valence-corrected chi connectivity index (χ0v) is 18.5. The number of thioether (sulfide) groups is 2. The van der Waals surface area contributed by atoms with Crippen molar-refractivity contribution < 1.29 is 9.18 Å². The molecule has 146 valence electrons. The molecule has 0 aliphatic rings. The Balaban J connectivity index is 1.56. The van der Waals surface area contributed by atoms with Crippen molar-refractivity contribution in [2.45, 2.75) is 30.1 Å². The average Bonchev–Trinajstić information content (AvgIpc) is 3.10. The van der Waals surface area contributed by atoms with Crippen LogP contribution in [-0.4, -0.2) is 26.3 Å². The highest BCUT2D eigenvalue weighted by molar-refractivity contribution is 9.10. The van der Waals surface area contributed by atoms with Crippen LogP contribution in [-0.2, 0) is 18.1 Å². The van der Waals surface area contributed by atoms with E-state index in [-0.39, 0.29) is 11.6 Å². The molecule has 0 radical (unpaired) electrons. The molecule has 0 amide bonds. The van der Waals surface area contributed by atoms with E-state index in [4.69, 9.17) is 0 Å². The van der Waals surface area contributed by atoms with Crippen molar-refractivity contribution in [3.05, 3.63) is 75.8 Å². The Morgan fingerprint density at radius 2 is 1.79 bits per heavy atom. The highest BCUT2D eigenvalue weighted by Crippen LogP contribution is 2.23. The third-order valence-electron chi connectivity index (χ3n) is 4.02. The molecule has 8 heteroatoms. The quantitative estimate of drug-likeness (QED) is 0.295. The first kappa shape index (κ1) is 21.1. The lowest BCUT2D eigenvalue weighted by atomic mass is 10.2. The minimum absolute atomic E-state index is 0.0652. The van der Waals surface area contributed by atoms with Gasteiger partial charge < -0.3 is 4.57 Å². The molecule has 0 aliphatic carbocycles. The van der Waals surface area contributed by atoms with E-state index in [1.807, 2.05) is 35.8 Å². The van der Waals surface area contributed by atoms with Crippen LogP contribution in [0.2, 0.25) is 0 Å². The van der Waals surface area contributed by atoms with Crippen LogP contribution in [0, 0.1) is 5.82 Å². The van der Waals surface area contributed by atoms with E-state index < -0.39 is 0 Å². The molecule has 0 saturated heterocycles. The van der Waals surface area contributed by atoms with Crippen molar-refractivity contribution in [3.63, 3.8) is 0 Å². The van der Waals surface area contributed by atoms with E-state index in [2.05, 4.69) is 26.1 Å². The molecule has 0 atom stereocenters. The first-order valence-electron chi connectivity index (χ1n) is 8.72. The molecule has 1 aromatic heterocycles. The molecule has 0 spiro atoms. The largest absolute Gasteiger partial charge is 0.306 e. The van der Waals surface area contributed by atoms with Crippen LogP contribution in [0.3, 0.4) is 0 Å². The summed E-state index contributed by atoms with van der Waals surface area (Å²) >= 11 is 6.49. The Bertz CT molecular complexity index is 930. The third-order valence-corrected chi connectivity index (χ3v) is 6.52. The molecule has 0 fully saturated rings. The van der Waals surface area contributed by atoms with Gasteiger partial charge in [0.15, 0.2) is 10.9 Å². The van der Waals surface area contributed by atoms with Crippen LogP contribution >= 0.6 is 39.5 Å². The predicted molar refractivity (Wildman–Crippen MR) is 116 cm³/mol. The van der Waals surface area contributed by atoms with Crippen molar-refractivity contribution in [1.29, 1.82) is 0 Å². The topological polar surface area (TPSA) is 47.8 Å². The van der Waals surface area contributed by atoms with Gasteiger partial charge in [-0.3, -0.25) is 4.79 Å².